The number of carbonyl (C=O) groups excluding carboxylic acids is 1. The molecule has 0 saturated heterocycles. The maximum atomic E-state index is 12.5. The van der Waals surface area contributed by atoms with Crippen molar-refractivity contribution in [3.63, 3.8) is 0 Å². The fraction of sp³-hybridized carbons (Fsp3) is 0.421. The number of hydrogen-bond donors (Lipinski definition) is 1. The molecule has 24 heavy (non-hydrogen) atoms. The van der Waals surface area contributed by atoms with Gasteiger partial charge >= 0.3 is 0 Å². The molecule has 128 valence electrons. The Morgan fingerprint density at radius 2 is 1.62 bits per heavy atom. The van der Waals surface area contributed by atoms with Crippen molar-refractivity contribution >= 4 is 17.4 Å². The van der Waals surface area contributed by atoms with Crippen LogP contribution in [0.25, 0.3) is 0 Å². The van der Waals surface area contributed by atoms with E-state index in [1.54, 1.807) is 12.1 Å². The van der Waals surface area contributed by atoms with Gasteiger partial charge in [0, 0.05) is 18.8 Å². The van der Waals surface area contributed by atoms with Crippen LogP contribution in [0.2, 0.25) is 0 Å². The quantitative estimate of drug-likeness (QED) is 0.832. The molecule has 0 aliphatic carbocycles. The van der Waals surface area contributed by atoms with Gasteiger partial charge in [-0.25, -0.2) is 0 Å². The van der Waals surface area contributed by atoms with E-state index in [0.717, 1.165) is 31.6 Å². The van der Waals surface area contributed by atoms with Gasteiger partial charge in [-0.2, -0.15) is 0 Å². The van der Waals surface area contributed by atoms with Crippen molar-refractivity contribution in [3.05, 3.63) is 47.2 Å². The van der Waals surface area contributed by atoms with E-state index in [1.807, 2.05) is 4.90 Å². The summed E-state index contributed by atoms with van der Waals surface area (Å²) in [6.45, 7) is 9.74. The van der Waals surface area contributed by atoms with Crippen molar-refractivity contribution in [1.82, 2.24) is 15.1 Å². The predicted octanol–water partition coefficient (Wildman–Crippen LogP) is 4.10. The van der Waals surface area contributed by atoms with Gasteiger partial charge < -0.3 is 10.2 Å². The van der Waals surface area contributed by atoms with Crippen LogP contribution >= 0.6 is 0 Å². The van der Waals surface area contributed by atoms with Gasteiger partial charge in [0.25, 0.3) is 5.91 Å². The number of amides is 1. The molecule has 0 spiro atoms. The van der Waals surface area contributed by atoms with Gasteiger partial charge in [0.15, 0.2) is 11.5 Å². The highest BCUT2D eigenvalue weighted by molar-refractivity contribution is 5.92. The number of nitrogens with zero attached hydrogens (tertiary/aromatic N) is 3. The van der Waals surface area contributed by atoms with Crippen LogP contribution in [-0.2, 0) is 0 Å². The maximum absolute atomic E-state index is 12.5. The summed E-state index contributed by atoms with van der Waals surface area (Å²) in [5.74, 6) is 0.582. The molecule has 1 aromatic heterocycles. The lowest BCUT2D eigenvalue weighted by Crippen LogP contribution is -2.33. The van der Waals surface area contributed by atoms with Crippen LogP contribution in [0.4, 0.5) is 11.5 Å². The van der Waals surface area contributed by atoms with Gasteiger partial charge in [0.1, 0.15) is 0 Å². The average molecular weight is 326 g/mol. The summed E-state index contributed by atoms with van der Waals surface area (Å²) in [7, 11) is 0. The van der Waals surface area contributed by atoms with Crippen molar-refractivity contribution in [3.8, 4) is 0 Å². The van der Waals surface area contributed by atoms with Crippen LogP contribution in [0, 0.1) is 13.8 Å². The van der Waals surface area contributed by atoms with Gasteiger partial charge in [-0.05, 0) is 62.1 Å². The molecule has 0 atom stereocenters. The zero-order valence-corrected chi connectivity index (χ0v) is 15.0. The lowest BCUT2D eigenvalue weighted by Gasteiger charge is -2.20. The van der Waals surface area contributed by atoms with Gasteiger partial charge in [0.05, 0.1) is 0 Å². The van der Waals surface area contributed by atoms with E-state index in [4.69, 9.17) is 0 Å². The minimum atomic E-state index is -0.0517. The number of benzene rings is 1. The third-order valence-corrected chi connectivity index (χ3v) is 3.65. The van der Waals surface area contributed by atoms with Crippen molar-refractivity contribution in [1.29, 1.82) is 0 Å². The predicted molar refractivity (Wildman–Crippen MR) is 97.7 cm³/mol. The molecule has 0 radical (unpaired) electrons. The Bertz CT molecular complexity index is 656. The molecule has 1 N–H and O–H groups in total. The molecule has 5 heteroatoms. The number of aromatic nitrogens is 2. The molecule has 0 aliphatic heterocycles. The SMILES string of the molecule is CCCN(CCC)C(=O)c1ccc(Nc2cc(C)cc(C)c2)nn1. The standard InChI is InChI=1S/C19H26N4O/c1-5-9-23(10-6-2)19(24)17-7-8-18(22-21-17)20-16-12-14(3)11-15(4)13-16/h7-8,11-13H,5-6,9-10H2,1-4H3,(H,20,22). The van der Waals surface area contributed by atoms with Gasteiger partial charge in [-0.15, -0.1) is 10.2 Å². The highest BCUT2D eigenvalue weighted by Crippen LogP contribution is 2.18. The number of nitrogens with one attached hydrogen (secondary N) is 1. The lowest BCUT2D eigenvalue weighted by atomic mass is 10.1. The molecule has 1 aromatic carbocycles. The van der Waals surface area contributed by atoms with Crippen LogP contribution < -0.4 is 5.32 Å². The van der Waals surface area contributed by atoms with E-state index in [9.17, 15) is 4.79 Å². The van der Waals surface area contributed by atoms with Gasteiger partial charge in [-0.3, -0.25) is 4.79 Å². The fourth-order valence-corrected chi connectivity index (χ4v) is 2.72. The second-order valence-corrected chi connectivity index (χ2v) is 6.10. The number of anilines is 2. The van der Waals surface area contributed by atoms with Gasteiger partial charge in [-0.1, -0.05) is 19.9 Å². The minimum absolute atomic E-state index is 0.0517. The Hall–Kier alpha value is -2.43. The molecule has 1 heterocycles. The summed E-state index contributed by atoms with van der Waals surface area (Å²) < 4.78 is 0. The Balaban J connectivity index is 2.10. The molecule has 2 aromatic rings. The highest BCUT2D eigenvalue weighted by atomic mass is 16.2. The van der Waals surface area contributed by atoms with Crippen molar-refractivity contribution in [2.45, 2.75) is 40.5 Å². The van der Waals surface area contributed by atoms with Crippen LogP contribution in [0.3, 0.4) is 0 Å². The molecule has 0 aliphatic rings. The summed E-state index contributed by atoms with van der Waals surface area (Å²) >= 11 is 0. The fourth-order valence-electron chi connectivity index (χ4n) is 2.72. The highest BCUT2D eigenvalue weighted by Gasteiger charge is 2.16. The summed E-state index contributed by atoms with van der Waals surface area (Å²) in [5, 5.41) is 11.5. The summed E-state index contributed by atoms with van der Waals surface area (Å²) in [5.41, 5.74) is 3.74. The smallest absolute Gasteiger partial charge is 0.274 e. The molecule has 0 saturated carbocycles. The maximum Gasteiger partial charge on any atom is 0.274 e. The lowest BCUT2D eigenvalue weighted by molar-refractivity contribution is 0.0748. The van der Waals surface area contributed by atoms with E-state index >= 15 is 0 Å². The number of hydrogen-bond acceptors (Lipinski definition) is 4. The molecular weight excluding hydrogens is 300 g/mol. The minimum Gasteiger partial charge on any atom is -0.339 e. The Morgan fingerprint density at radius 3 is 2.12 bits per heavy atom. The van der Waals surface area contributed by atoms with Crippen LogP contribution in [0.5, 0.6) is 0 Å². The van der Waals surface area contributed by atoms with E-state index in [1.165, 1.54) is 11.1 Å². The first-order chi connectivity index (χ1) is 11.5. The van der Waals surface area contributed by atoms with Crippen molar-refractivity contribution in [2.24, 2.45) is 0 Å². The second kappa shape index (κ2) is 8.43. The topological polar surface area (TPSA) is 58.1 Å². The zero-order chi connectivity index (χ0) is 17.5. The van der Waals surface area contributed by atoms with Crippen LogP contribution in [0.1, 0.15) is 48.3 Å². The average Bonchev–Trinajstić information content (AvgIpc) is 2.54. The third-order valence-electron chi connectivity index (χ3n) is 3.65. The number of carbonyl (C=O) groups is 1. The first-order valence-corrected chi connectivity index (χ1v) is 8.51. The normalized spacial score (nSPS) is 10.5. The van der Waals surface area contributed by atoms with E-state index in [0.29, 0.717) is 11.5 Å². The number of aryl methyl sites for hydroxylation is 2. The third kappa shape index (κ3) is 4.78. The van der Waals surface area contributed by atoms with E-state index in [-0.39, 0.29) is 5.91 Å². The molecule has 1 amide bonds. The summed E-state index contributed by atoms with van der Waals surface area (Å²) in [6, 6.07) is 9.76. The number of rotatable bonds is 7. The second-order valence-electron chi connectivity index (χ2n) is 6.10. The molecule has 2 rings (SSSR count). The largest absolute Gasteiger partial charge is 0.339 e. The molecule has 0 bridgehead atoms. The Morgan fingerprint density at radius 1 is 1.00 bits per heavy atom. The Kier molecular flexibility index (Phi) is 6.29. The first-order valence-electron chi connectivity index (χ1n) is 8.51. The van der Waals surface area contributed by atoms with E-state index < -0.39 is 0 Å². The summed E-state index contributed by atoms with van der Waals surface area (Å²) in [6.07, 6.45) is 1.87. The van der Waals surface area contributed by atoms with Crippen LogP contribution in [0.15, 0.2) is 30.3 Å². The zero-order valence-electron chi connectivity index (χ0n) is 15.0. The van der Waals surface area contributed by atoms with E-state index in [2.05, 4.69) is 61.4 Å². The van der Waals surface area contributed by atoms with Gasteiger partial charge in [0.2, 0.25) is 0 Å². The van der Waals surface area contributed by atoms with Crippen LogP contribution in [-0.4, -0.2) is 34.1 Å². The first kappa shape index (κ1) is 17.9. The Labute approximate surface area is 144 Å². The van der Waals surface area contributed by atoms with Crippen molar-refractivity contribution in [2.75, 3.05) is 18.4 Å². The molecule has 0 fully saturated rings. The monoisotopic (exact) mass is 326 g/mol. The van der Waals surface area contributed by atoms with Crippen molar-refractivity contribution < 1.29 is 4.79 Å². The molecular formula is C19H26N4O. The summed E-state index contributed by atoms with van der Waals surface area (Å²) in [4.78, 5) is 14.3. The molecule has 0 unspecified atom stereocenters. The molecule has 5 nitrogen and oxygen atoms in total.